The summed E-state index contributed by atoms with van der Waals surface area (Å²) in [7, 11) is 0. The molecule has 1 fully saturated rings. The number of nitrogens with zero attached hydrogens (tertiary/aromatic N) is 2. The van der Waals surface area contributed by atoms with E-state index in [1.54, 1.807) is 42.6 Å². The summed E-state index contributed by atoms with van der Waals surface area (Å²) in [6.07, 6.45) is 3.28. The van der Waals surface area contributed by atoms with E-state index in [0.717, 1.165) is 25.2 Å². The van der Waals surface area contributed by atoms with E-state index in [2.05, 4.69) is 10.3 Å². The summed E-state index contributed by atoms with van der Waals surface area (Å²) in [6.45, 7) is 1.37. The van der Waals surface area contributed by atoms with E-state index in [-0.39, 0.29) is 23.5 Å². The number of pyridine rings is 1. The van der Waals surface area contributed by atoms with Gasteiger partial charge in [0.1, 0.15) is 11.6 Å². The van der Waals surface area contributed by atoms with Crippen LogP contribution >= 0.6 is 11.3 Å². The molecule has 0 bridgehead atoms. The highest BCUT2D eigenvalue weighted by Crippen LogP contribution is 2.30. The minimum atomic E-state index is -0.317. The molecule has 3 N–H and O–H groups in total. The van der Waals surface area contributed by atoms with E-state index in [0.29, 0.717) is 27.5 Å². The van der Waals surface area contributed by atoms with Crippen LogP contribution in [-0.4, -0.2) is 29.9 Å². The van der Waals surface area contributed by atoms with Crippen LogP contribution in [0, 0.1) is 11.7 Å². The van der Waals surface area contributed by atoms with Gasteiger partial charge in [0.05, 0.1) is 22.7 Å². The molecule has 6 nitrogen and oxygen atoms in total. The van der Waals surface area contributed by atoms with Crippen LogP contribution < -0.4 is 16.0 Å². The second kappa shape index (κ2) is 8.62. The van der Waals surface area contributed by atoms with Crippen molar-refractivity contribution >= 4 is 34.7 Å². The van der Waals surface area contributed by atoms with Crippen LogP contribution in [0.4, 0.5) is 15.9 Å². The molecule has 1 aliphatic heterocycles. The topological polar surface area (TPSA) is 88.3 Å². The first-order chi connectivity index (χ1) is 14.5. The Hall–Kier alpha value is -3.26. The van der Waals surface area contributed by atoms with Gasteiger partial charge in [0, 0.05) is 23.5 Å². The number of benzene rings is 1. The maximum absolute atomic E-state index is 14.0. The summed E-state index contributed by atoms with van der Waals surface area (Å²) >= 11 is 1.23. The Morgan fingerprint density at radius 2 is 2.00 bits per heavy atom. The summed E-state index contributed by atoms with van der Waals surface area (Å²) in [5.74, 6) is -0.292. The zero-order chi connectivity index (χ0) is 21.1. The number of hydrogen-bond donors (Lipinski definition) is 2. The standard InChI is InChI=1S/C22H21FN4O2S/c23-17-6-2-1-5-16(17)18-8-9-19(30-18)22(29)26-15-7-10-20(25-12-15)27-11-3-4-14(13-27)21(24)28/h1-2,5-10,12,14H,3-4,11,13H2,(H2,24,28)(H,26,29). The molecule has 1 aliphatic rings. The summed E-state index contributed by atoms with van der Waals surface area (Å²) in [5.41, 5.74) is 6.47. The predicted octanol–water partition coefficient (Wildman–Crippen LogP) is 3.90. The second-order valence-electron chi connectivity index (χ2n) is 7.19. The van der Waals surface area contributed by atoms with Crippen LogP contribution in [0.25, 0.3) is 10.4 Å². The Balaban J connectivity index is 1.42. The summed E-state index contributed by atoms with van der Waals surface area (Å²) in [5, 5.41) is 2.82. The van der Waals surface area contributed by atoms with E-state index in [4.69, 9.17) is 5.73 Å². The van der Waals surface area contributed by atoms with Gasteiger partial charge in [-0.2, -0.15) is 0 Å². The van der Waals surface area contributed by atoms with Crippen molar-refractivity contribution in [2.75, 3.05) is 23.3 Å². The molecule has 30 heavy (non-hydrogen) atoms. The van der Waals surface area contributed by atoms with Crippen molar-refractivity contribution < 1.29 is 14.0 Å². The van der Waals surface area contributed by atoms with Gasteiger partial charge in [-0.1, -0.05) is 18.2 Å². The highest BCUT2D eigenvalue weighted by Gasteiger charge is 2.24. The smallest absolute Gasteiger partial charge is 0.265 e. The van der Waals surface area contributed by atoms with Gasteiger partial charge in [-0.3, -0.25) is 9.59 Å². The Kier molecular flexibility index (Phi) is 5.76. The quantitative estimate of drug-likeness (QED) is 0.650. The van der Waals surface area contributed by atoms with Crippen molar-refractivity contribution in [3.8, 4) is 10.4 Å². The fraction of sp³-hybridized carbons (Fsp3) is 0.227. The van der Waals surface area contributed by atoms with Gasteiger partial charge < -0.3 is 16.0 Å². The highest BCUT2D eigenvalue weighted by molar-refractivity contribution is 7.17. The number of piperidine rings is 1. The van der Waals surface area contributed by atoms with E-state index in [1.807, 2.05) is 11.0 Å². The number of carbonyl (C=O) groups is 2. The maximum atomic E-state index is 14.0. The van der Waals surface area contributed by atoms with Gasteiger partial charge in [0.15, 0.2) is 0 Å². The Bertz CT molecular complexity index is 1070. The van der Waals surface area contributed by atoms with Crippen molar-refractivity contribution in [2.45, 2.75) is 12.8 Å². The Morgan fingerprint density at radius 1 is 1.17 bits per heavy atom. The Morgan fingerprint density at radius 3 is 2.73 bits per heavy atom. The van der Waals surface area contributed by atoms with Crippen LogP contribution in [0.2, 0.25) is 0 Å². The second-order valence-corrected chi connectivity index (χ2v) is 8.27. The lowest BCUT2D eigenvalue weighted by atomic mass is 9.97. The minimum Gasteiger partial charge on any atom is -0.369 e. The predicted molar refractivity (Wildman–Crippen MR) is 116 cm³/mol. The van der Waals surface area contributed by atoms with Gasteiger partial charge in [-0.25, -0.2) is 9.37 Å². The molecule has 1 atom stereocenters. The molecule has 3 aromatic rings. The number of aromatic nitrogens is 1. The molecule has 1 aromatic carbocycles. The minimum absolute atomic E-state index is 0.164. The molecule has 0 saturated carbocycles. The first kappa shape index (κ1) is 20.0. The molecule has 8 heteroatoms. The largest absolute Gasteiger partial charge is 0.369 e. The highest BCUT2D eigenvalue weighted by atomic mass is 32.1. The molecule has 0 spiro atoms. The van der Waals surface area contributed by atoms with Crippen molar-refractivity contribution in [3.63, 3.8) is 0 Å². The van der Waals surface area contributed by atoms with Crippen LogP contribution in [0.1, 0.15) is 22.5 Å². The molecule has 2 amide bonds. The number of carbonyl (C=O) groups excluding carboxylic acids is 2. The van der Waals surface area contributed by atoms with Crippen molar-refractivity contribution in [2.24, 2.45) is 11.7 Å². The molecular formula is C22H21FN4O2S. The van der Waals surface area contributed by atoms with Gasteiger partial charge >= 0.3 is 0 Å². The van der Waals surface area contributed by atoms with Gasteiger partial charge in [0.25, 0.3) is 5.91 Å². The van der Waals surface area contributed by atoms with Gasteiger partial charge in [-0.05, 0) is 43.2 Å². The van der Waals surface area contributed by atoms with Gasteiger partial charge in [0.2, 0.25) is 5.91 Å². The molecule has 0 radical (unpaired) electrons. The fourth-order valence-electron chi connectivity index (χ4n) is 3.52. The number of halogens is 1. The first-order valence-electron chi connectivity index (χ1n) is 9.67. The van der Waals surface area contributed by atoms with E-state index in [9.17, 15) is 14.0 Å². The summed E-state index contributed by atoms with van der Waals surface area (Å²) in [4.78, 5) is 31.7. The third-order valence-corrected chi connectivity index (χ3v) is 6.24. The molecule has 154 valence electrons. The number of nitrogens with two attached hydrogens (primary N) is 1. The fourth-order valence-corrected chi connectivity index (χ4v) is 4.45. The normalized spacial score (nSPS) is 16.3. The average Bonchev–Trinajstić information content (AvgIpc) is 3.25. The van der Waals surface area contributed by atoms with E-state index < -0.39 is 0 Å². The maximum Gasteiger partial charge on any atom is 0.265 e. The number of primary amides is 1. The first-order valence-corrected chi connectivity index (χ1v) is 10.5. The zero-order valence-corrected chi connectivity index (χ0v) is 17.0. The monoisotopic (exact) mass is 424 g/mol. The number of hydrogen-bond acceptors (Lipinski definition) is 5. The van der Waals surface area contributed by atoms with Crippen molar-refractivity contribution in [1.82, 2.24) is 4.98 Å². The number of amides is 2. The molecule has 4 rings (SSSR count). The molecule has 1 unspecified atom stereocenters. The van der Waals surface area contributed by atoms with Crippen LogP contribution in [0.3, 0.4) is 0 Å². The summed E-state index contributed by atoms with van der Waals surface area (Å²) in [6, 6.07) is 13.5. The van der Waals surface area contributed by atoms with E-state index in [1.165, 1.54) is 17.4 Å². The molecule has 0 aliphatic carbocycles. The Labute approximate surface area is 177 Å². The molecule has 2 aromatic heterocycles. The number of rotatable bonds is 5. The van der Waals surface area contributed by atoms with Crippen molar-refractivity contribution in [1.29, 1.82) is 0 Å². The van der Waals surface area contributed by atoms with Crippen LogP contribution in [-0.2, 0) is 4.79 Å². The van der Waals surface area contributed by atoms with Gasteiger partial charge in [-0.15, -0.1) is 11.3 Å². The van der Waals surface area contributed by atoms with Crippen LogP contribution in [0.5, 0.6) is 0 Å². The van der Waals surface area contributed by atoms with Crippen LogP contribution in [0.15, 0.2) is 54.7 Å². The van der Waals surface area contributed by atoms with E-state index >= 15 is 0 Å². The molecule has 3 heterocycles. The summed E-state index contributed by atoms with van der Waals surface area (Å²) < 4.78 is 14.0. The SMILES string of the molecule is NC(=O)C1CCCN(c2ccc(NC(=O)c3ccc(-c4ccccc4F)s3)cn2)C1. The number of nitrogens with one attached hydrogen (secondary N) is 1. The number of anilines is 2. The lowest BCUT2D eigenvalue weighted by Gasteiger charge is -2.32. The average molecular weight is 425 g/mol. The third-order valence-electron chi connectivity index (χ3n) is 5.12. The third kappa shape index (κ3) is 4.33. The lowest BCUT2D eigenvalue weighted by Crippen LogP contribution is -2.41. The van der Waals surface area contributed by atoms with Crippen molar-refractivity contribution in [3.05, 3.63) is 65.4 Å². The molecular weight excluding hydrogens is 403 g/mol. The number of thiophene rings is 1. The zero-order valence-electron chi connectivity index (χ0n) is 16.2. The molecule has 1 saturated heterocycles. The lowest BCUT2D eigenvalue weighted by molar-refractivity contribution is -0.122.